The van der Waals surface area contributed by atoms with E-state index in [4.69, 9.17) is 4.74 Å². The summed E-state index contributed by atoms with van der Waals surface area (Å²) < 4.78 is 5.47. The molecule has 0 aliphatic carbocycles. The first-order valence-electron chi connectivity index (χ1n) is 5.13. The molecule has 0 radical (unpaired) electrons. The van der Waals surface area contributed by atoms with Gasteiger partial charge < -0.3 is 14.9 Å². The molecule has 2 atom stereocenters. The minimum Gasteiger partial charge on any atom is -0.491 e. The maximum absolute atomic E-state index is 9.58. The molecule has 1 aromatic carbocycles. The molecule has 3 nitrogen and oxygen atoms in total. The maximum atomic E-state index is 9.58. The zero-order valence-electron chi connectivity index (χ0n) is 9.34. The monoisotopic (exact) mass is 210 g/mol. The number of hydrogen-bond acceptors (Lipinski definition) is 3. The van der Waals surface area contributed by atoms with Gasteiger partial charge in [-0.25, -0.2) is 0 Å². The van der Waals surface area contributed by atoms with Gasteiger partial charge in [0.2, 0.25) is 0 Å². The molecule has 0 spiro atoms. The van der Waals surface area contributed by atoms with E-state index < -0.39 is 12.2 Å². The average molecular weight is 210 g/mol. The van der Waals surface area contributed by atoms with Crippen molar-refractivity contribution in [3.63, 3.8) is 0 Å². The fourth-order valence-corrected chi connectivity index (χ4v) is 1.29. The fourth-order valence-electron chi connectivity index (χ4n) is 1.29. The summed E-state index contributed by atoms with van der Waals surface area (Å²) in [4.78, 5) is 0. The molecule has 0 aliphatic heterocycles. The van der Waals surface area contributed by atoms with Gasteiger partial charge in [-0.3, -0.25) is 0 Å². The van der Waals surface area contributed by atoms with Crippen LogP contribution in [0.1, 0.15) is 32.4 Å². The van der Waals surface area contributed by atoms with Gasteiger partial charge in [0.1, 0.15) is 11.9 Å². The lowest BCUT2D eigenvalue weighted by Crippen LogP contribution is -2.13. The van der Waals surface area contributed by atoms with Gasteiger partial charge in [0.15, 0.2) is 0 Å². The van der Waals surface area contributed by atoms with Crippen LogP contribution in [0, 0.1) is 0 Å². The van der Waals surface area contributed by atoms with Crippen LogP contribution in [0.25, 0.3) is 0 Å². The molecule has 1 rings (SSSR count). The quantitative estimate of drug-likeness (QED) is 0.797. The third kappa shape index (κ3) is 3.53. The largest absolute Gasteiger partial charge is 0.491 e. The van der Waals surface area contributed by atoms with Crippen molar-refractivity contribution in [1.29, 1.82) is 0 Å². The van der Waals surface area contributed by atoms with Crippen LogP contribution in [0.15, 0.2) is 24.3 Å². The lowest BCUT2D eigenvalue weighted by molar-refractivity contribution is 0.0305. The van der Waals surface area contributed by atoms with Crippen LogP contribution < -0.4 is 4.74 Å². The summed E-state index contributed by atoms with van der Waals surface area (Å²) in [5.74, 6) is 0.770. The first-order chi connectivity index (χ1) is 7.00. The summed E-state index contributed by atoms with van der Waals surface area (Å²) in [6.45, 7) is 5.47. The molecule has 0 bridgehead atoms. The summed E-state index contributed by atoms with van der Waals surface area (Å²) in [5.41, 5.74) is 0.695. The second-order valence-electron chi connectivity index (χ2n) is 3.92. The summed E-state index contributed by atoms with van der Waals surface area (Å²) in [6, 6.07) is 7.10. The number of ether oxygens (including phenoxy) is 1. The number of hydrogen-bond donors (Lipinski definition) is 2. The Hall–Kier alpha value is -1.06. The molecule has 15 heavy (non-hydrogen) atoms. The summed E-state index contributed by atoms with van der Waals surface area (Å²) >= 11 is 0. The standard InChI is InChI=1S/C12H18O3/c1-8(2)15-11-6-4-10(5-7-11)12(14)9(3)13/h4-9,12-14H,1-3H3. The van der Waals surface area contributed by atoms with Gasteiger partial charge in [-0.1, -0.05) is 12.1 Å². The highest BCUT2D eigenvalue weighted by Gasteiger charge is 2.13. The van der Waals surface area contributed by atoms with E-state index in [1.54, 1.807) is 31.2 Å². The highest BCUT2D eigenvalue weighted by molar-refractivity contribution is 5.29. The fraction of sp³-hybridized carbons (Fsp3) is 0.500. The van der Waals surface area contributed by atoms with E-state index in [1.165, 1.54) is 0 Å². The third-order valence-electron chi connectivity index (χ3n) is 2.05. The Bertz CT molecular complexity index is 290. The van der Waals surface area contributed by atoms with Gasteiger partial charge in [-0.2, -0.15) is 0 Å². The molecule has 0 heterocycles. The summed E-state index contributed by atoms with van der Waals surface area (Å²) in [6.07, 6.45) is -1.46. The third-order valence-corrected chi connectivity index (χ3v) is 2.05. The minimum absolute atomic E-state index is 0.137. The lowest BCUT2D eigenvalue weighted by atomic mass is 10.1. The van der Waals surface area contributed by atoms with Crippen molar-refractivity contribution < 1.29 is 14.9 Å². The maximum Gasteiger partial charge on any atom is 0.119 e. The van der Waals surface area contributed by atoms with E-state index in [2.05, 4.69) is 0 Å². The first kappa shape index (κ1) is 12.0. The Morgan fingerprint density at radius 2 is 1.53 bits per heavy atom. The van der Waals surface area contributed by atoms with E-state index in [9.17, 15) is 10.2 Å². The normalized spacial score (nSPS) is 15.1. The van der Waals surface area contributed by atoms with Crippen LogP contribution in [0.4, 0.5) is 0 Å². The average Bonchev–Trinajstić information content (AvgIpc) is 2.17. The first-order valence-corrected chi connectivity index (χ1v) is 5.13. The molecule has 84 valence electrons. The van der Waals surface area contributed by atoms with Crippen molar-refractivity contribution in [2.75, 3.05) is 0 Å². The molecular formula is C12H18O3. The zero-order chi connectivity index (χ0) is 11.4. The second kappa shape index (κ2) is 5.14. The number of benzene rings is 1. The van der Waals surface area contributed by atoms with Crippen LogP contribution in [-0.2, 0) is 0 Å². The Kier molecular flexibility index (Phi) is 4.12. The van der Waals surface area contributed by atoms with E-state index in [1.807, 2.05) is 13.8 Å². The molecule has 3 heteroatoms. The van der Waals surface area contributed by atoms with Crippen LogP contribution in [0.5, 0.6) is 5.75 Å². The van der Waals surface area contributed by atoms with Gasteiger partial charge in [-0.15, -0.1) is 0 Å². The van der Waals surface area contributed by atoms with E-state index in [0.29, 0.717) is 5.56 Å². The zero-order valence-corrected chi connectivity index (χ0v) is 9.34. The van der Waals surface area contributed by atoms with Gasteiger partial charge in [-0.05, 0) is 38.5 Å². The molecule has 0 amide bonds. The topological polar surface area (TPSA) is 49.7 Å². The predicted molar refractivity (Wildman–Crippen MR) is 58.8 cm³/mol. The van der Waals surface area contributed by atoms with Gasteiger partial charge in [0, 0.05) is 0 Å². The van der Waals surface area contributed by atoms with Gasteiger partial charge in [0.25, 0.3) is 0 Å². The van der Waals surface area contributed by atoms with Gasteiger partial charge >= 0.3 is 0 Å². The molecular weight excluding hydrogens is 192 g/mol. The van der Waals surface area contributed by atoms with Crippen LogP contribution in [0.2, 0.25) is 0 Å². The van der Waals surface area contributed by atoms with Crippen molar-refractivity contribution in [2.24, 2.45) is 0 Å². The van der Waals surface area contributed by atoms with Crippen LogP contribution >= 0.6 is 0 Å². The Labute approximate surface area is 90.3 Å². The Morgan fingerprint density at radius 1 is 1.00 bits per heavy atom. The SMILES string of the molecule is CC(C)Oc1ccc(C(O)C(C)O)cc1. The molecule has 1 aromatic rings. The van der Waals surface area contributed by atoms with Crippen LogP contribution in [0.3, 0.4) is 0 Å². The predicted octanol–water partition coefficient (Wildman–Crippen LogP) is 1.89. The van der Waals surface area contributed by atoms with Gasteiger partial charge in [0.05, 0.1) is 12.2 Å². The van der Waals surface area contributed by atoms with Crippen LogP contribution in [-0.4, -0.2) is 22.4 Å². The lowest BCUT2D eigenvalue weighted by Gasteiger charge is -2.15. The highest BCUT2D eigenvalue weighted by Crippen LogP contribution is 2.20. The molecule has 0 fully saturated rings. The van der Waals surface area contributed by atoms with Crippen molar-refractivity contribution in [3.05, 3.63) is 29.8 Å². The number of aliphatic hydroxyl groups is 2. The molecule has 0 saturated heterocycles. The van der Waals surface area contributed by atoms with Crippen molar-refractivity contribution >= 4 is 0 Å². The summed E-state index contributed by atoms with van der Waals surface area (Å²) in [5, 5.41) is 18.8. The Morgan fingerprint density at radius 3 is 1.93 bits per heavy atom. The molecule has 0 aliphatic rings. The summed E-state index contributed by atoms with van der Waals surface area (Å²) in [7, 11) is 0. The van der Waals surface area contributed by atoms with Crippen molar-refractivity contribution in [2.45, 2.75) is 39.1 Å². The highest BCUT2D eigenvalue weighted by atomic mass is 16.5. The number of rotatable bonds is 4. The van der Waals surface area contributed by atoms with Crippen molar-refractivity contribution in [1.82, 2.24) is 0 Å². The number of aliphatic hydroxyl groups excluding tert-OH is 2. The smallest absolute Gasteiger partial charge is 0.119 e. The second-order valence-corrected chi connectivity index (χ2v) is 3.92. The molecule has 2 N–H and O–H groups in total. The minimum atomic E-state index is -0.835. The Balaban J connectivity index is 2.72. The van der Waals surface area contributed by atoms with E-state index in [-0.39, 0.29) is 6.10 Å². The molecule has 2 unspecified atom stereocenters. The van der Waals surface area contributed by atoms with E-state index in [0.717, 1.165) is 5.75 Å². The van der Waals surface area contributed by atoms with Crippen molar-refractivity contribution in [3.8, 4) is 5.75 Å². The van der Waals surface area contributed by atoms with E-state index >= 15 is 0 Å². The molecule has 0 aromatic heterocycles. The molecule has 0 saturated carbocycles.